The fourth-order valence-electron chi connectivity index (χ4n) is 1.09. The quantitative estimate of drug-likeness (QED) is 0.441. The second kappa shape index (κ2) is 10.3. The van der Waals surface area contributed by atoms with Gasteiger partial charge < -0.3 is 10.6 Å². The van der Waals surface area contributed by atoms with Crippen LogP contribution in [-0.4, -0.2) is 37.7 Å². The van der Waals surface area contributed by atoms with Gasteiger partial charge in [0.2, 0.25) is 0 Å². The van der Waals surface area contributed by atoms with Gasteiger partial charge >= 0.3 is 0 Å². The van der Waals surface area contributed by atoms with E-state index < -0.39 is 0 Å². The summed E-state index contributed by atoms with van der Waals surface area (Å²) in [4.78, 5) is 22.1. The van der Waals surface area contributed by atoms with Gasteiger partial charge in [0, 0.05) is 13.1 Å². The minimum atomic E-state index is 0.0625. The van der Waals surface area contributed by atoms with Gasteiger partial charge in [0.15, 0.2) is 11.6 Å². The molecule has 0 amide bonds. The lowest BCUT2D eigenvalue weighted by molar-refractivity contribution is -0.114. The zero-order valence-corrected chi connectivity index (χ0v) is 9.95. The summed E-state index contributed by atoms with van der Waals surface area (Å²) in [6, 6.07) is 0. The third-order valence-electron chi connectivity index (χ3n) is 1.78. The number of rotatable bonds is 9. The maximum Gasteiger partial charge on any atom is 0.169 e. The highest BCUT2D eigenvalue weighted by atomic mass is 16.1. The highest BCUT2D eigenvalue weighted by Crippen LogP contribution is 1.75. The summed E-state index contributed by atoms with van der Waals surface area (Å²) in [5, 5.41) is 5.97. The first-order valence-electron chi connectivity index (χ1n) is 5.43. The second-order valence-electron chi connectivity index (χ2n) is 3.29. The Morgan fingerprint density at radius 3 is 1.56 bits per heavy atom. The first kappa shape index (κ1) is 14.7. The molecule has 0 unspecified atom stereocenters. The van der Waals surface area contributed by atoms with E-state index in [0.717, 1.165) is 0 Å². The van der Waals surface area contributed by atoms with E-state index in [1.54, 1.807) is 12.2 Å². The molecule has 0 saturated carbocycles. The van der Waals surface area contributed by atoms with Crippen LogP contribution >= 0.6 is 0 Å². The highest BCUT2D eigenvalue weighted by Gasteiger charge is 1.96. The molecule has 0 radical (unpaired) electrons. The molecule has 0 spiro atoms. The Balaban J connectivity index is 3.34. The Hall–Kier alpha value is -1.26. The van der Waals surface area contributed by atoms with Gasteiger partial charge in [0.05, 0.1) is 13.1 Å². The summed E-state index contributed by atoms with van der Waals surface area (Å²) in [6.07, 6.45) is 6.52. The molecule has 2 N–H and O–H groups in total. The minimum absolute atomic E-state index is 0.0625. The lowest BCUT2D eigenvalue weighted by Gasteiger charge is -2.03. The first-order valence-corrected chi connectivity index (χ1v) is 5.43. The molecular weight excluding hydrogens is 204 g/mol. The molecule has 0 aliphatic carbocycles. The Labute approximate surface area is 96.8 Å². The zero-order valence-electron chi connectivity index (χ0n) is 9.95. The molecule has 0 aromatic carbocycles. The average molecular weight is 224 g/mol. The molecular formula is C12H20N2O2. The van der Waals surface area contributed by atoms with Crippen LogP contribution in [0.25, 0.3) is 0 Å². The number of carbonyl (C=O) groups excluding carboxylic acids is 2. The third-order valence-corrected chi connectivity index (χ3v) is 1.78. The molecule has 0 heterocycles. The zero-order chi connectivity index (χ0) is 12.2. The van der Waals surface area contributed by atoms with Crippen molar-refractivity contribution in [2.45, 2.75) is 13.8 Å². The molecule has 4 nitrogen and oxygen atoms in total. The van der Waals surface area contributed by atoms with Crippen LogP contribution in [0, 0.1) is 0 Å². The van der Waals surface area contributed by atoms with Crippen molar-refractivity contribution >= 4 is 11.6 Å². The maximum atomic E-state index is 11.0. The normalized spacial score (nSPS) is 11.4. The van der Waals surface area contributed by atoms with Gasteiger partial charge in [-0.05, 0) is 26.0 Å². The number of nitrogens with one attached hydrogen (secondary N) is 2. The Bertz CT molecular complexity index is 242. The molecule has 0 bridgehead atoms. The van der Waals surface area contributed by atoms with Gasteiger partial charge in [-0.3, -0.25) is 9.59 Å². The molecule has 4 heteroatoms. The molecule has 0 atom stereocenters. The van der Waals surface area contributed by atoms with Crippen molar-refractivity contribution in [3.05, 3.63) is 24.3 Å². The van der Waals surface area contributed by atoms with E-state index in [4.69, 9.17) is 0 Å². The largest absolute Gasteiger partial charge is 0.308 e. The van der Waals surface area contributed by atoms with Gasteiger partial charge in [0.1, 0.15) is 0 Å². The summed E-state index contributed by atoms with van der Waals surface area (Å²) in [6.45, 7) is 5.65. The third kappa shape index (κ3) is 9.30. The van der Waals surface area contributed by atoms with Crippen LogP contribution in [0.15, 0.2) is 24.3 Å². The summed E-state index contributed by atoms with van der Waals surface area (Å²) >= 11 is 0. The van der Waals surface area contributed by atoms with Crippen molar-refractivity contribution in [2.75, 3.05) is 26.2 Å². The Morgan fingerprint density at radius 2 is 1.25 bits per heavy atom. The van der Waals surface area contributed by atoms with E-state index in [9.17, 15) is 9.59 Å². The van der Waals surface area contributed by atoms with Crippen molar-refractivity contribution in [2.24, 2.45) is 0 Å². The number of hydrogen-bond acceptors (Lipinski definition) is 4. The summed E-state index contributed by atoms with van der Waals surface area (Å²) < 4.78 is 0. The number of ketones is 2. The molecule has 0 rings (SSSR count). The molecule has 0 aliphatic heterocycles. The minimum Gasteiger partial charge on any atom is -0.308 e. The van der Waals surface area contributed by atoms with Crippen molar-refractivity contribution in [3.63, 3.8) is 0 Å². The number of allylic oxidation sites excluding steroid dienone is 2. The van der Waals surface area contributed by atoms with Crippen molar-refractivity contribution < 1.29 is 9.59 Å². The SMILES string of the molecule is C/C=C/C(=O)CNCCNCC(=O)/C=C/C. The van der Waals surface area contributed by atoms with Crippen molar-refractivity contribution in [1.82, 2.24) is 10.6 Å². The summed E-state index contributed by atoms with van der Waals surface area (Å²) in [5.41, 5.74) is 0. The van der Waals surface area contributed by atoms with Crippen LogP contribution in [0.1, 0.15) is 13.8 Å². The predicted octanol–water partition coefficient (Wildman–Crippen LogP) is 0.456. The highest BCUT2D eigenvalue weighted by molar-refractivity contribution is 5.91. The van der Waals surface area contributed by atoms with Gasteiger partial charge in [-0.15, -0.1) is 0 Å². The van der Waals surface area contributed by atoms with E-state index in [-0.39, 0.29) is 11.6 Å². The smallest absolute Gasteiger partial charge is 0.169 e. The average Bonchev–Trinajstić information content (AvgIpc) is 2.24. The van der Waals surface area contributed by atoms with Gasteiger partial charge in [-0.25, -0.2) is 0 Å². The standard InChI is InChI=1S/C12H20N2O2/c1-3-5-11(15)9-13-7-8-14-10-12(16)6-4-2/h3-6,13-14H,7-10H2,1-2H3/b5-3+,6-4+. The lowest BCUT2D eigenvalue weighted by atomic mass is 10.3. The number of hydrogen-bond donors (Lipinski definition) is 2. The van der Waals surface area contributed by atoms with Crippen LogP contribution in [0.5, 0.6) is 0 Å². The van der Waals surface area contributed by atoms with Crippen molar-refractivity contribution in [1.29, 1.82) is 0 Å². The Kier molecular flexibility index (Phi) is 9.46. The molecule has 16 heavy (non-hydrogen) atoms. The maximum absolute atomic E-state index is 11.0. The van der Waals surface area contributed by atoms with Crippen molar-refractivity contribution in [3.8, 4) is 0 Å². The number of carbonyl (C=O) groups is 2. The second-order valence-corrected chi connectivity index (χ2v) is 3.29. The summed E-state index contributed by atoms with van der Waals surface area (Å²) in [7, 11) is 0. The van der Waals surface area contributed by atoms with E-state index >= 15 is 0 Å². The fourth-order valence-corrected chi connectivity index (χ4v) is 1.09. The van der Waals surface area contributed by atoms with Gasteiger partial charge in [-0.2, -0.15) is 0 Å². The molecule has 0 aromatic rings. The molecule has 0 fully saturated rings. The van der Waals surface area contributed by atoms with E-state index in [0.29, 0.717) is 26.2 Å². The molecule has 0 saturated heterocycles. The van der Waals surface area contributed by atoms with Crippen LogP contribution < -0.4 is 10.6 Å². The Morgan fingerprint density at radius 1 is 0.875 bits per heavy atom. The molecule has 0 aliphatic rings. The molecule has 0 aromatic heterocycles. The van der Waals surface area contributed by atoms with Gasteiger partial charge in [0.25, 0.3) is 0 Å². The summed E-state index contributed by atoms with van der Waals surface area (Å²) in [5.74, 6) is 0.125. The molecule has 90 valence electrons. The fraction of sp³-hybridized carbons (Fsp3) is 0.500. The van der Waals surface area contributed by atoms with Crippen LogP contribution in [0.4, 0.5) is 0 Å². The topological polar surface area (TPSA) is 58.2 Å². The van der Waals surface area contributed by atoms with Crippen LogP contribution in [-0.2, 0) is 9.59 Å². The first-order chi connectivity index (χ1) is 7.70. The van der Waals surface area contributed by atoms with Gasteiger partial charge in [-0.1, -0.05) is 12.2 Å². The van der Waals surface area contributed by atoms with Crippen LogP contribution in [0.3, 0.4) is 0 Å². The van der Waals surface area contributed by atoms with E-state index in [1.807, 2.05) is 13.8 Å². The lowest BCUT2D eigenvalue weighted by Crippen LogP contribution is -2.32. The van der Waals surface area contributed by atoms with Crippen LogP contribution in [0.2, 0.25) is 0 Å². The van der Waals surface area contributed by atoms with E-state index in [2.05, 4.69) is 10.6 Å². The predicted molar refractivity (Wildman–Crippen MR) is 65.4 cm³/mol. The van der Waals surface area contributed by atoms with E-state index in [1.165, 1.54) is 12.2 Å². The monoisotopic (exact) mass is 224 g/mol.